The Morgan fingerprint density at radius 2 is 2.00 bits per heavy atom. The van der Waals surface area contributed by atoms with Gasteiger partial charge in [0.15, 0.2) is 11.5 Å². The summed E-state index contributed by atoms with van der Waals surface area (Å²) in [6.07, 6.45) is 1.81. The Hall–Kier alpha value is -1.26. The number of hydrogen-bond donors (Lipinski definition) is 1. The van der Waals surface area contributed by atoms with Crippen molar-refractivity contribution < 1.29 is 14.6 Å². The zero-order valence-corrected chi connectivity index (χ0v) is 11.5. The van der Waals surface area contributed by atoms with Gasteiger partial charge in [0.2, 0.25) is 0 Å². The van der Waals surface area contributed by atoms with E-state index in [1.165, 1.54) is 0 Å². The van der Waals surface area contributed by atoms with Gasteiger partial charge in [0.1, 0.15) is 6.61 Å². The summed E-state index contributed by atoms with van der Waals surface area (Å²) in [6, 6.07) is 7.74. The van der Waals surface area contributed by atoms with Crippen molar-refractivity contribution in [2.75, 3.05) is 32.8 Å². The third-order valence-corrected chi connectivity index (χ3v) is 3.29. The molecule has 106 valence electrons. The first-order valence-corrected chi connectivity index (χ1v) is 7.04. The molecule has 19 heavy (non-hydrogen) atoms. The predicted molar refractivity (Wildman–Crippen MR) is 74.8 cm³/mol. The lowest BCUT2D eigenvalue weighted by atomic mass is 10.1. The van der Waals surface area contributed by atoms with Crippen molar-refractivity contribution in [1.82, 2.24) is 4.90 Å². The molecule has 1 aliphatic rings. The van der Waals surface area contributed by atoms with Crippen LogP contribution in [0.15, 0.2) is 24.3 Å². The van der Waals surface area contributed by atoms with Crippen molar-refractivity contribution >= 4 is 0 Å². The van der Waals surface area contributed by atoms with Gasteiger partial charge < -0.3 is 14.6 Å². The standard InChI is InChI=1S/C15H23NO3/c1-2-18-14-7-3-4-8-15(14)19-11-10-16-9-5-6-13(17)12-16/h3-4,7-8,13,17H,2,5-6,9-12H2,1H3/t13-/m0/s1. The molecule has 1 heterocycles. The lowest BCUT2D eigenvalue weighted by molar-refractivity contribution is 0.0630. The van der Waals surface area contributed by atoms with E-state index >= 15 is 0 Å². The van der Waals surface area contributed by atoms with Gasteiger partial charge in [0.25, 0.3) is 0 Å². The van der Waals surface area contributed by atoms with Crippen LogP contribution in [-0.4, -0.2) is 49.0 Å². The third kappa shape index (κ3) is 4.40. The normalized spacial score (nSPS) is 20.2. The van der Waals surface area contributed by atoms with Gasteiger partial charge in [-0.05, 0) is 38.4 Å². The van der Waals surface area contributed by atoms with Crippen LogP contribution < -0.4 is 9.47 Å². The maximum atomic E-state index is 9.61. The second kappa shape index (κ2) is 7.36. The molecule has 0 bridgehead atoms. The van der Waals surface area contributed by atoms with E-state index in [1.807, 2.05) is 31.2 Å². The minimum Gasteiger partial charge on any atom is -0.490 e. The topological polar surface area (TPSA) is 41.9 Å². The number of piperidine rings is 1. The molecular weight excluding hydrogens is 242 g/mol. The number of hydrogen-bond acceptors (Lipinski definition) is 4. The molecule has 0 aromatic heterocycles. The van der Waals surface area contributed by atoms with E-state index in [2.05, 4.69) is 4.90 Å². The second-order valence-electron chi connectivity index (χ2n) is 4.82. The number of aliphatic hydroxyl groups is 1. The molecule has 0 amide bonds. The van der Waals surface area contributed by atoms with Crippen LogP contribution in [0, 0.1) is 0 Å². The van der Waals surface area contributed by atoms with Crippen LogP contribution in [0.1, 0.15) is 19.8 Å². The fourth-order valence-corrected chi connectivity index (χ4v) is 2.36. The smallest absolute Gasteiger partial charge is 0.161 e. The Bertz CT molecular complexity index is 383. The summed E-state index contributed by atoms with van der Waals surface area (Å²) in [5.74, 6) is 1.59. The Balaban J connectivity index is 1.78. The maximum Gasteiger partial charge on any atom is 0.161 e. The van der Waals surface area contributed by atoms with Crippen LogP contribution >= 0.6 is 0 Å². The molecule has 1 aromatic rings. The van der Waals surface area contributed by atoms with E-state index in [-0.39, 0.29) is 6.10 Å². The number of aliphatic hydroxyl groups excluding tert-OH is 1. The highest BCUT2D eigenvalue weighted by Crippen LogP contribution is 2.26. The molecule has 0 saturated carbocycles. The lowest BCUT2D eigenvalue weighted by Crippen LogP contribution is -2.40. The zero-order valence-electron chi connectivity index (χ0n) is 11.5. The first kappa shape index (κ1) is 14.2. The summed E-state index contributed by atoms with van der Waals surface area (Å²) in [5.41, 5.74) is 0. The molecular formula is C15H23NO3. The number of ether oxygens (including phenoxy) is 2. The zero-order chi connectivity index (χ0) is 13.5. The largest absolute Gasteiger partial charge is 0.490 e. The van der Waals surface area contributed by atoms with Gasteiger partial charge in [-0.1, -0.05) is 12.1 Å². The molecule has 0 unspecified atom stereocenters. The van der Waals surface area contributed by atoms with E-state index < -0.39 is 0 Å². The van der Waals surface area contributed by atoms with E-state index in [4.69, 9.17) is 9.47 Å². The number of rotatable bonds is 6. The first-order valence-electron chi connectivity index (χ1n) is 7.04. The Labute approximate surface area is 114 Å². The van der Waals surface area contributed by atoms with Crippen LogP contribution in [0.5, 0.6) is 11.5 Å². The van der Waals surface area contributed by atoms with Gasteiger partial charge in [0, 0.05) is 13.1 Å². The average molecular weight is 265 g/mol. The van der Waals surface area contributed by atoms with E-state index in [9.17, 15) is 5.11 Å². The van der Waals surface area contributed by atoms with E-state index in [0.29, 0.717) is 13.2 Å². The number of nitrogens with zero attached hydrogens (tertiary/aromatic N) is 1. The van der Waals surface area contributed by atoms with Gasteiger partial charge in [-0.2, -0.15) is 0 Å². The highest BCUT2D eigenvalue weighted by Gasteiger charge is 2.17. The first-order chi connectivity index (χ1) is 9.29. The Kier molecular flexibility index (Phi) is 5.48. The van der Waals surface area contributed by atoms with Gasteiger partial charge in [-0.25, -0.2) is 0 Å². The molecule has 1 aliphatic heterocycles. The van der Waals surface area contributed by atoms with Crippen molar-refractivity contribution in [2.24, 2.45) is 0 Å². The molecule has 2 rings (SSSR count). The van der Waals surface area contributed by atoms with Crippen molar-refractivity contribution in [3.8, 4) is 11.5 Å². The van der Waals surface area contributed by atoms with Crippen molar-refractivity contribution in [3.63, 3.8) is 0 Å². The fourth-order valence-electron chi connectivity index (χ4n) is 2.36. The summed E-state index contributed by atoms with van der Waals surface area (Å²) in [6.45, 7) is 5.88. The van der Waals surface area contributed by atoms with Crippen LogP contribution in [0.25, 0.3) is 0 Å². The average Bonchev–Trinajstić information content (AvgIpc) is 2.41. The molecule has 1 N–H and O–H groups in total. The second-order valence-corrected chi connectivity index (χ2v) is 4.82. The number of benzene rings is 1. The van der Waals surface area contributed by atoms with Crippen molar-refractivity contribution in [1.29, 1.82) is 0 Å². The highest BCUT2D eigenvalue weighted by molar-refractivity contribution is 5.39. The molecule has 4 heteroatoms. The van der Waals surface area contributed by atoms with Gasteiger partial charge in [-0.15, -0.1) is 0 Å². The predicted octanol–water partition coefficient (Wildman–Crippen LogP) is 1.92. The Morgan fingerprint density at radius 1 is 1.26 bits per heavy atom. The number of para-hydroxylation sites is 2. The number of likely N-dealkylation sites (tertiary alicyclic amines) is 1. The highest BCUT2D eigenvalue weighted by atomic mass is 16.5. The minimum atomic E-state index is -0.176. The van der Waals surface area contributed by atoms with Crippen LogP contribution in [0.3, 0.4) is 0 Å². The number of β-amino-alcohol motifs (C(OH)–C–C–N with tert-alkyl or cyclic N) is 1. The summed E-state index contributed by atoms with van der Waals surface area (Å²) in [4.78, 5) is 2.25. The quantitative estimate of drug-likeness (QED) is 0.853. The summed E-state index contributed by atoms with van der Waals surface area (Å²) < 4.78 is 11.3. The SMILES string of the molecule is CCOc1ccccc1OCCN1CCC[C@H](O)C1. The molecule has 1 aromatic carbocycles. The summed E-state index contributed by atoms with van der Waals surface area (Å²) in [7, 11) is 0. The molecule has 1 atom stereocenters. The lowest BCUT2D eigenvalue weighted by Gasteiger charge is -2.29. The van der Waals surface area contributed by atoms with E-state index in [0.717, 1.165) is 44.0 Å². The minimum absolute atomic E-state index is 0.176. The Morgan fingerprint density at radius 3 is 2.68 bits per heavy atom. The summed E-state index contributed by atoms with van der Waals surface area (Å²) in [5, 5.41) is 9.61. The van der Waals surface area contributed by atoms with Crippen molar-refractivity contribution in [2.45, 2.75) is 25.9 Å². The van der Waals surface area contributed by atoms with Crippen LogP contribution in [-0.2, 0) is 0 Å². The molecule has 0 radical (unpaired) electrons. The van der Waals surface area contributed by atoms with Gasteiger partial charge >= 0.3 is 0 Å². The van der Waals surface area contributed by atoms with E-state index in [1.54, 1.807) is 0 Å². The van der Waals surface area contributed by atoms with Crippen LogP contribution in [0.4, 0.5) is 0 Å². The molecule has 4 nitrogen and oxygen atoms in total. The van der Waals surface area contributed by atoms with Crippen molar-refractivity contribution in [3.05, 3.63) is 24.3 Å². The third-order valence-electron chi connectivity index (χ3n) is 3.29. The monoisotopic (exact) mass is 265 g/mol. The molecule has 1 saturated heterocycles. The molecule has 0 spiro atoms. The summed E-state index contributed by atoms with van der Waals surface area (Å²) >= 11 is 0. The van der Waals surface area contributed by atoms with Gasteiger partial charge in [0.05, 0.1) is 12.7 Å². The fraction of sp³-hybridized carbons (Fsp3) is 0.600. The molecule has 0 aliphatic carbocycles. The molecule has 1 fully saturated rings. The maximum absolute atomic E-state index is 9.61. The van der Waals surface area contributed by atoms with Gasteiger partial charge in [-0.3, -0.25) is 4.90 Å². The van der Waals surface area contributed by atoms with Crippen LogP contribution in [0.2, 0.25) is 0 Å².